The lowest BCUT2D eigenvalue weighted by Gasteiger charge is -2.23. The van der Waals surface area contributed by atoms with Gasteiger partial charge < -0.3 is 14.1 Å². The Kier molecular flexibility index (Phi) is 7.16. The third kappa shape index (κ3) is 4.84. The first-order valence-electron chi connectivity index (χ1n) is 14.7. The van der Waals surface area contributed by atoms with E-state index < -0.39 is 0 Å². The van der Waals surface area contributed by atoms with Crippen LogP contribution in [0.5, 0.6) is 0 Å². The van der Waals surface area contributed by atoms with Crippen LogP contribution in [0.4, 0.5) is 5.69 Å². The zero-order valence-corrected chi connectivity index (χ0v) is 23.5. The summed E-state index contributed by atoms with van der Waals surface area (Å²) in [6.45, 7) is 11.2. The van der Waals surface area contributed by atoms with Crippen molar-refractivity contribution in [1.82, 2.24) is 4.58 Å². The molecule has 2 fully saturated rings. The van der Waals surface area contributed by atoms with E-state index in [2.05, 4.69) is 60.6 Å². The predicted molar refractivity (Wildman–Crippen MR) is 159 cm³/mol. The number of esters is 1. The maximum absolute atomic E-state index is 13.3. The zero-order chi connectivity index (χ0) is 26.9. The zero-order valence-electron chi connectivity index (χ0n) is 23.5. The van der Waals surface area contributed by atoms with E-state index in [1.807, 2.05) is 18.2 Å². The van der Waals surface area contributed by atoms with Crippen molar-refractivity contribution in [3.8, 4) is 22.5 Å². The summed E-state index contributed by atoms with van der Waals surface area (Å²) in [5.74, 6) is 0.590. The monoisotopic (exact) mass is 523 g/mol. The number of rotatable bonds is 6. The molecule has 0 radical (unpaired) electrons. The third-order valence-electron chi connectivity index (χ3n) is 8.40. The average Bonchev–Trinajstić information content (AvgIpc) is 3.67. The van der Waals surface area contributed by atoms with Crippen molar-refractivity contribution in [1.29, 1.82) is 0 Å². The second kappa shape index (κ2) is 10.9. The molecule has 5 nitrogen and oxygen atoms in total. The second-order valence-electron chi connectivity index (χ2n) is 11.2. The van der Waals surface area contributed by atoms with Gasteiger partial charge in [0.1, 0.15) is 24.4 Å². The fraction of sp³-hybridized carbons (Fsp3) is 0.412. The molecule has 0 saturated carbocycles. The van der Waals surface area contributed by atoms with Gasteiger partial charge in [0.2, 0.25) is 5.36 Å². The lowest BCUT2D eigenvalue weighted by atomic mass is 9.89. The molecule has 4 aliphatic rings. The first kappa shape index (κ1) is 25.7. The molecule has 2 aromatic rings. The topological polar surface area (TPSA) is 45.7 Å². The summed E-state index contributed by atoms with van der Waals surface area (Å²) in [6, 6.07) is 16.8. The molecule has 202 valence electrons. The number of ether oxygens (including phenoxy) is 1. The summed E-state index contributed by atoms with van der Waals surface area (Å²) in [5.41, 5.74) is 8.13. The lowest BCUT2D eigenvalue weighted by Crippen LogP contribution is -2.29. The first-order valence-corrected chi connectivity index (χ1v) is 14.7. The van der Waals surface area contributed by atoms with Gasteiger partial charge in [0, 0.05) is 59.8 Å². The quantitative estimate of drug-likeness (QED) is 0.119. The highest BCUT2D eigenvalue weighted by Crippen LogP contribution is 2.43. The minimum absolute atomic E-state index is 0.267. The van der Waals surface area contributed by atoms with Crippen molar-refractivity contribution in [2.24, 2.45) is 0 Å². The molecule has 0 amide bonds. The summed E-state index contributed by atoms with van der Waals surface area (Å²) in [5, 5.41) is 2.28. The molecule has 3 aliphatic heterocycles. The molecule has 0 unspecified atom stereocenters. The van der Waals surface area contributed by atoms with E-state index in [4.69, 9.17) is 9.15 Å². The van der Waals surface area contributed by atoms with Crippen LogP contribution < -0.4 is 14.8 Å². The summed E-state index contributed by atoms with van der Waals surface area (Å²) in [7, 11) is 0. The van der Waals surface area contributed by atoms with Crippen LogP contribution in [0.3, 0.4) is 0 Å². The molecule has 6 rings (SSSR count). The smallest absolute Gasteiger partial charge is 0.338 e. The number of carbonyl (C=O) groups is 1. The van der Waals surface area contributed by atoms with Crippen LogP contribution in [0.2, 0.25) is 0 Å². The van der Waals surface area contributed by atoms with Gasteiger partial charge in [-0.1, -0.05) is 31.5 Å². The van der Waals surface area contributed by atoms with E-state index in [1.54, 1.807) is 0 Å². The number of benzene rings is 3. The SMILES string of the molecule is CCCCOC(=O)c1ccccc1-c1c2cc(C)c(=[N+]3CCCC3)cc-2oc2cc(N3CCCC3)c(C)cc12. The number of unbranched alkanes of at least 4 members (excludes halogenated alkanes) is 1. The highest BCUT2D eigenvalue weighted by molar-refractivity contribution is 6.08. The molecule has 0 spiro atoms. The van der Waals surface area contributed by atoms with Crippen LogP contribution in [0, 0.1) is 13.8 Å². The number of anilines is 1. The lowest BCUT2D eigenvalue weighted by molar-refractivity contribution is 0.0500. The number of nitrogens with zero attached hydrogens (tertiary/aromatic N) is 2. The maximum Gasteiger partial charge on any atom is 0.338 e. The fourth-order valence-electron chi connectivity index (χ4n) is 6.33. The van der Waals surface area contributed by atoms with Gasteiger partial charge in [-0.15, -0.1) is 0 Å². The van der Waals surface area contributed by atoms with Crippen molar-refractivity contribution in [3.63, 3.8) is 0 Å². The molecule has 1 aliphatic carbocycles. The van der Waals surface area contributed by atoms with E-state index in [0.29, 0.717) is 12.2 Å². The Balaban J connectivity index is 1.63. The minimum Gasteiger partial charge on any atom is -0.462 e. The second-order valence-corrected chi connectivity index (χ2v) is 11.2. The van der Waals surface area contributed by atoms with E-state index in [1.165, 1.54) is 47.9 Å². The molecular weight excluding hydrogens is 484 g/mol. The van der Waals surface area contributed by atoms with E-state index in [0.717, 1.165) is 72.4 Å². The van der Waals surface area contributed by atoms with Gasteiger partial charge in [-0.25, -0.2) is 9.37 Å². The Labute approximate surface area is 231 Å². The van der Waals surface area contributed by atoms with Crippen LogP contribution in [-0.2, 0) is 4.74 Å². The highest BCUT2D eigenvalue weighted by Gasteiger charge is 2.26. The maximum atomic E-state index is 13.3. The normalized spacial score (nSPS) is 15.6. The first-order chi connectivity index (χ1) is 19.0. The standard InChI is InChI=1S/C34H39N2O3/c1-4-5-18-38-34(37)26-13-7-6-12-25(26)33-27-19-23(2)29(35-14-8-9-15-35)21-31(27)39-32-22-30(24(3)20-28(32)33)36-16-10-11-17-36/h6-7,12-13,19-22H,4-5,8-11,14-18H2,1-3H3/q+1. The van der Waals surface area contributed by atoms with E-state index in [9.17, 15) is 4.79 Å². The number of aryl methyl sites for hydroxylation is 2. The molecule has 39 heavy (non-hydrogen) atoms. The Morgan fingerprint density at radius 1 is 0.949 bits per heavy atom. The Morgan fingerprint density at radius 3 is 2.49 bits per heavy atom. The molecule has 0 aromatic heterocycles. The molecule has 3 heterocycles. The van der Waals surface area contributed by atoms with Crippen LogP contribution in [0.1, 0.15) is 66.9 Å². The summed E-state index contributed by atoms with van der Waals surface area (Å²) < 4.78 is 14.9. The van der Waals surface area contributed by atoms with Gasteiger partial charge in [-0.3, -0.25) is 0 Å². The highest BCUT2D eigenvalue weighted by atomic mass is 16.5. The van der Waals surface area contributed by atoms with Crippen molar-refractivity contribution >= 4 is 22.6 Å². The van der Waals surface area contributed by atoms with E-state index >= 15 is 0 Å². The largest absolute Gasteiger partial charge is 0.462 e. The third-order valence-corrected chi connectivity index (χ3v) is 8.40. The number of carbonyl (C=O) groups excluding carboxylic acids is 1. The van der Waals surface area contributed by atoms with Gasteiger partial charge in [-0.2, -0.15) is 0 Å². The number of fused-ring (bicyclic) bond motifs is 2. The van der Waals surface area contributed by atoms with Gasteiger partial charge in [0.25, 0.3) is 0 Å². The van der Waals surface area contributed by atoms with E-state index in [-0.39, 0.29) is 5.97 Å². The fourth-order valence-corrected chi connectivity index (χ4v) is 6.33. The average molecular weight is 524 g/mol. The molecule has 5 heteroatoms. The van der Waals surface area contributed by atoms with Gasteiger partial charge >= 0.3 is 5.97 Å². The predicted octanol–water partition coefficient (Wildman–Crippen LogP) is 6.94. The minimum atomic E-state index is -0.267. The molecule has 2 aromatic carbocycles. The van der Waals surface area contributed by atoms with Crippen molar-refractivity contribution in [3.05, 3.63) is 70.6 Å². The van der Waals surface area contributed by atoms with Crippen molar-refractivity contribution in [2.45, 2.75) is 59.3 Å². The summed E-state index contributed by atoms with van der Waals surface area (Å²) in [4.78, 5) is 15.8. The van der Waals surface area contributed by atoms with Crippen molar-refractivity contribution < 1.29 is 13.9 Å². The summed E-state index contributed by atoms with van der Waals surface area (Å²) in [6.07, 6.45) is 6.75. The Bertz CT molecular complexity index is 1570. The van der Waals surface area contributed by atoms with Crippen LogP contribution in [0.25, 0.3) is 33.4 Å². The molecular formula is C34H39N2O3+. The molecule has 0 bridgehead atoms. The molecule has 0 N–H and O–H groups in total. The Morgan fingerprint density at radius 2 is 1.72 bits per heavy atom. The molecule has 0 atom stereocenters. The van der Waals surface area contributed by atoms with Gasteiger partial charge in [0.05, 0.1) is 18.2 Å². The van der Waals surface area contributed by atoms with Crippen LogP contribution >= 0.6 is 0 Å². The Hall–Kier alpha value is -3.60. The number of hydrogen-bond acceptors (Lipinski definition) is 4. The van der Waals surface area contributed by atoms with Crippen LogP contribution in [0.15, 0.2) is 52.9 Å². The van der Waals surface area contributed by atoms with Gasteiger partial charge in [-0.05, 0) is 62.4 Å². The number of hydrogen-bond donors (Lipinski definition) is 0. The van der Waals surface area contributed by atoms with Gasteiger partial charge in [0.15, 0.2) is 0 Å². The molecule has 2 saturated heterocycles. The summed E-state index contributed by atoms with van der Waals surface area (Å²) >= 11 is 0. The van der Waals surface area contributed by atoms with Crippen LogP contribution in [-0.4, -0.2) is 38.8 Å². The van der Waals surface area contributed by atoms with Crippen molar-refractivity contribution in [2.75, 3.05) is 37.7 Å².